The molecule has 0 radical (unpaired) electrons. The topological polar surface area (TPSA) is 55.6 Å². The first kappa shape index (κ1) is 18.8. The highest BCUT2D eigenvalue weighted by atomic mass is 35.5. The molecule has 0 aliphatic carbocycles. The monoisotopic (exact) mass is 378 g/mol. The van der Waals surface area contributed by atoms with Crippen molar-refractivity contribution in [1.29, 1.82) is 0 Å². The van der Waals surface area contributed by atoms with Crippen LogP contribution in [0.4, 0.5) is 0 Å². The summed E-state index contributed by atoms with van der Waals surface area (Å²) < 4.78 is 5.39. The minimum Gasteiger partial charge on any atom is -0.381 e. The number of hydrogen-bond donors (Lipinski definition) is 1. The van der Waals surface area contributed by atoms with E-state index in [1.165, 1.54) is 0 Å². The molecule has 2 aliphatic heterocycles. The summed E-state index contributed by atoms with van der Waals surface area (Å²) >= 11 is 12.3. The number of halogens is 3. The fourth-order valence-corrected chi connectivity index (χ4v) is 3.81. The zero-order valence-electron chi connectivity index (χ0n) is 12.8. The molecule has 2 heterocycles. The molecule has 3 rings (SSSR count). The standard InChI is InChI=1S/C16H20Cl2N2O2.ClH/c17-13-2-1-11-9-20(6-3-12(11)14(13)18)15(21)16(10-19)4-7-22-8-5-16;/h1-2H,3-10,19H2;1H. The Morgan fingerprint density at radius 2 is 2.00 bits per heavy atom. The van der Waals surface area contributed by atoms with Crippen LogP contribution in [-0.2, 0) is 22.5 Å². The van der Waals surface area contributed by atoms with Gasteiger partial charge in [-0.2, -0.15) is 0 Å². The van der Waals surface area contributed by atoms with Crippen molar-refractivity contribution < 1.29 is 9.53 Å². The quantitative estimate of drug-likeness (QED) is 0.859. The Morgan fingerprint density at radius 1 is 1.30 bits per heavy atom. The van der Waals surface area contributed by atoms with Gasteiger partial charge in [-0.25, -0.2) is 0 Å². The van der Waals surface area contributed by atoms with Crippen LogP contribution in [0.2, 0.25) is 10.0 Å². The Hall–Kier alpha value is -0.520. The van der Waals surface area contributed by atoms with E-state index in [0.29, 0.717) is 55.7 Å². The van der Waals surface area contributed by atoms with Gasteiger partial charge in [-0.3, -0.25) is 4.79 Å². The summed E-state index contributed by atoms with van der Waals surface area (Å²) in [5.74, 6) is 0.148. The fourth-order valence-electron chi connectivity index (χ4n) is 3.36. The third-order valence-electron chi connectivity index (χ3n) is 4.87. The average molecular weight is 380 g/mol. The lowest BCUT2D eigenvalue weighted by atomic mass is 9.78. The normalized spacial score (nSPS) is 19.7. The van der Waals surface area contributed by atoms with Gasteiger partial charge in [-0.1, -0.05) is 29.3 Å². The highest BCUT2D eigenvalue weighted by Gasteiger charge is 2.42. The lowest BCUT2D eigenvalue weighted by molar-refractivity contribution is -0.148. The molecule has 0 bridgehead atoms. The van der Waals surface area contributed by atoms with Gasteiger partial charge in [-0.15, -0.1) is 12.4 Å². The zero-order chi connectivity index (χ0) is 15.7. The second-order valence-corrected chi connectivity index (χ2v) is 6.86. The van der Waals surface area contributed by atoms with Gasteiger partial charge in [0.15, 0.2) is 0 Å². The lowest BCUT2D eigenvalue weighted by Crippen LogP contribution is -2.51. The summed E-state index contributed by atoms with van der Waals surface area (Å²) in [5.41, 5.74) is 7.62. The van der Waals surface area contributed by atoms with E-state index in [1.807, 2.05) is 11.0 Å². The maximum atomic E-state index is 13.0. The molecule has 1 aromatic rings. The number of hydrogen-bond acceptors (Lipinski definition) is 3. The molecule has 4 nitrogen and oxygen atoms in total. The molecule has 0 saturated carbocycles. The average Bonchev–Trinajstić information content (AvgIpc) is 2.58. The van der Waals surface area contributed by atoms with Crippen LogP contribution in [0.5, 0.6) is 0 Å². The molecule has 0 unspecified atom stereocenters. The molecule has 1 saturated heterocycles. The van der Waals surface area contributed by atoms with Crippen LogP contribution in [0.1, 0.15) is 24.0 Å². The summed E-state index contributed by atoms with van der Waals surface area (Å²) in [6.45, 7) is 2.83. The van der Waals surface area contributed by atoms with E-state index in [2.05, 4.69) is 0 Å². The number of carbonyl (C=O) groups excluding carboxylic acids is 1. The van der Waals surface area contributed by atoms with Crippen molar-refractivity contribution in [2.24, 2.45) is 11.1 Å². The molecule has 23 heavy (non-hydrogen) atoms. The molecular weight excluding hydrogens is 359 g/mol. The number of ether oxygens (including phenoxy) is 1. The second-order valence-electron chi connectivity index (χ2n) is 6.07. The number of benzene rings is 1. The molecular formula is C16H21Cl3N2O2. The second kappa shape index (κ2) is 7.58. The number of rotatable bonds is 2. The molecule has 1 amide bonds. The van der Waals surface area contributed by atoms with Gasteiger partial charge in [0.1, 0.15) is 0 Å². The van der Waals surface area contributed by atoms with Crippen LogP contribution < -0.4 is 5.73 Å². The van der Waals surface area contributed by atoms with Crippen molar-refractivity contribution in [2.75, 3.05) is 26.3 Å². The van der Waals surface area contributed by atoms with E-state index in [-0.39, 0.29) is 18.3 Å². The molecule has 0 spiro atoms. The van der Waals surface area contributed by atoms with E-state index in [4.69, 9.17) is 33.7 Å². The highest BCUT2D eigenvalue weighted by molar-refractivity contribution is 6.42. The van der Waals surface area contributed by atoms with Crippen molar-refractivity contribution >= 4 is 41.5 Å². The van der Waals surface area contributed by atoms with E-state index >= 15 is 0 Å². The first-order valence-electron chi connectivity index (χ1n) is 7.60. The Labute approximate surface area is 152 Å². The minimum absolute atomic E-state index is 0. The van der Waals surface area contributed by atoms with Crippen LogP contribution in [0.3, 0.4) is 0 Å². The van der Waals surface area contributed by atoms with Gasteiger partial charge in [-0.05, 0) is 36.5 Å². The summed E-state index contributed by atoms with van der Waals surface area (Å²) in [5, 5.41) is 1.19. The van der Waals surface area contributed by atoms with Gasteiger partial charge < -0.3 is 15.4 Å². The molecule has 1 aromatic carbocycles. The molecule has 2 N–H and O–H groups in total. The Balaban J connectivity index is 0.00000192. The van der Waals surface area contributed by atoms with Crippen LogP contribution in [0, 0.1) is 5.41 Å². The maximum Gasteiger partial charge on any atom is 0.230 e. The molecule has 1 fully saturated rings. The van der Waals surface area contributed by atoms with Gasteiger partial charge in [0.2, 0.25) is 5.91 Å². The maximum absolute atomic E-state index is 13.0. The summed E-state index contributed by atoms with van der Waals surface area (Å²) in [6.07, 6.45) is 2.14. The van der Waals surface area contributed by atoms with Gasteiger partial charge in [0.25, 0.3) is 0 Å². The molecule has 0 atom stereocenters. The minimum atomic E-state index is -0.466. The van der Waals surface area contributed by atoms with E-state index in [0.717, 1.165) is 17.5 Å². The Bertz CT molecular complexity index is 589. The van der Waals surface area contributed by atoms with Crippen molar-refractivity contribution in [3.8, 4) is 0 Å². The lowest BCUT2D eigenvalue weighted by Gasteiger charge is -2.40. The Kier molecular flexibility index (Phi) is 6.20. The number of nitrogens with zero attached hydrogens (tertiary/aromatic N) is 1. The third-order valence-corrected chi connectivity index (χ3v) is 5.71. The van der Waals surface area contributed by atoms with Crippen LogP contribution in [0.25, 0.3) is 0 Å². The predicted octanol–water partition coefficient (Wildman–Crippen LogP) is 3.06. The largest absolute Gasteiger partial charge is 0.381 e. The highest BCUT2D eigenvalue weighted by Crippen LogP contribution is 2.36. The predicted molar refractivity (Wildman–Crippen MR) is 94.4 cm³/mol. The van der Waals surface area contributed by atoms with Crippen LogP contribution in [-0.4, -0.2) is 37.1 Å². The van der Waals surface area contributed by atoms with Gasteiger partial charge >= 0.3 is 0 Å². The number of fused-ring (bicyclic) bond motifs is 1. The van der Waals surface area contributed by atoms with Crippen LogP contribution >= 0.6 is 35.6 Å². The summed E-state index contributed by atoms with van der Waals surface area (Å²) in [7, 11) is 0. The van der Waals surface area contributed by atoms with E-state index in [1.54, 1.807) is 6.07 Å². The first-order valence-corrected chi connectivity index (χ1v) is 8.36. The summed E-state index contributed by atoms with van der Waals surface area (Å²) in [6, 6.07) is 3.76. The number of amides is 1. The summed E-state index contributed by atoms with van der Waals surface area (Å²) in [4.78, 5) is 14.9. The zero-order valence-corrected chi connectivity index (χ0v) is 15.1. The molecule has 128 valence electrons. The van der Waals surface area contributed by atoms with Crippen molar-refractivity contribution in [3.05, 3.63) is 33.3 Å². The van der Waals surface area contributed by atoms with Gasteiger partial charge in [0.05, 0.1) is 15.5 Å². The van der Waals surface area contributed by atoms with E-state index < -0.39 is 5.41 Å². The SMILES string of the molecule is Cl.NCC1(C(=O)N2CCc3c(ccc(Cl)c3Cl)C2)CCOCC1. The van der Waals surface area contributed by atoms with Crippen molar-refractivity contribution in [3.63, 3.8) is 0 Å². The molecule has 2 aliphatic rings. The van der Waals surface area contributed by atoms with Gasteiger partial charge in [0, 0.05) is 32.8 Å². The molecule has 7 heteroatoms. The van der Waals surface area contributed by atoms with E-state index in [9.17, 15) is 4.79 Å². The number of carbonyl (C=O) groups is 1. The third kappa shape index (κ3) is 3.47. The fraction of sp³-hybridized carbons (Fsp3) is 0.562. The Morgan fingerprint density at radius 3 is 2.65 bits per heavy atom. The smallest absolute Gasteiger partial charge is 0.230 e. The van der Waals surface area contributed by atoms with Crippen LogP contribution in [0.15, 0.2) is 12.1 Å². The van der Waals surface area contributed by atoms with Crippen molar-refractivity contribution in [2.45, 2.75) is 25.8 Å². The first-order chi connectivity index (χ1) is 10.6. The molecule has 0 aromatic heterocycles. The van der Waals surface area contributed by atoms with Crippen molar-refractivity contribution in [1.82, 2.24) is 4.90 Å². The number of nitrogens with two attached hydrogens (primary N) is 1.